The Kier molecular flexibility index (Phi) is 7.68. The highest BCUT2D eigenvalue weighted by atomic mass is 32.1. The van der Waals surface area contributed by atoms with E-state index in [0.29, 0.717) is 16.7 Å². The maximum absolute atomic E-state index is 14.1. The number of carbonyl (C=O) groups excluding carboxylic acids is 2. The van der Waals surface area contributed by atoms with Crippen LogP contribution < -0.4 is 11.0 Å². The molecule has 2 heterocycles. The Bertz CT molecular complexity index is 1450. The van der Waals surface area contributed by atoms with Gasteiger partial charge in [0, 0.05) is 18.3 Å². The molecule has 0 aliphatic rings. The van der Waals surface area contributed by atoms with Gasteiger partial charge in [-0.1, -0.05) is 54.7 Å². The molecule has 0 aliphatic carbocycles. The molecule has 0 fully saturated rings. The van der Waals surface area contributed by atoms with Gasteiger partial charge in [-0.25, -0.2) is 14.6 Å². The smallest absolute Gasteiger partial charge is 0.408 e. The first-order valence-electron chi connectivity index (χ1n) is 11.9. The molecule has 1 unspecified atom stereocenters. The summed E-state index contributed by atoms with van der Waals surface area (Å²) < 4.78 is 6.78. The number of Topliss-reactive ketones (excluding diaryl/α,β-unsaturated/α-hetero) is 1. The van der Waals surface area contributed by atoms with Crippen LogP contribution in [-0.4, -0.2) is 48.0 Å². The van der Waals surface area contributed by atoms with Gasteiger partial charge in [-0.15, -0.1) is 0 Å². The van der Waals surface area contributed by atoms with Crippen LogP contribution >= 0.6 is 12.2 Å². The molecule has 0 spiro atoms. The third-order valence-electron chi connectivity index (χ3n) is 5.75. The van der Waals surface area contributed by atoms with E-state index in [1.807, 2.05) is 36.4 Å². The Morgan fingerprint density at radius 1 is 1.08 bits per heavy atom. The van der Waals surface area contributed by atoms with Gasteiger partial charge in [0.2, 0.25) is 0 Å². The number of nitrogens with one attached hydrogen (secondary N) is 3. The number of aromatic nitrogens is 4. The molecule has 3 N–H and O–H groups in total. The average Bonchev–Trinajstić information content (AvgIpc) is 3.47. The highest BCUT2D eigenvalue weighted by Gasteiger charge is 2.34. The number of aromatic amines is 2. The fourth-order valence-electron chi connectivity index (χ4n) is 4.12. The van der Waals surface area contributed by atoms with Crippen molar-refractivity contribution in [1.82, 2.24) is 24.8 Å². The first-order chi connectivity index (χ1) is 17.6. The highest BCUT2D eigenvalue weighted by Crippen LogP contribution is 2.20. The van der Waals surface area contributed by atoms with E-state index in [1.165, 1.54) is 10.9 Å². The van der Waals surface area contributed by atoms with Crippen molar-refractivity contribution < 1.29 is 14.3 Å². The van der Waals surface area contributed by atoms with E-state index in [-0.39, 0.29) is 23.6 Å². The van der Waals surface area contributed by atoms with Crippen molar-refractivity contribution in [3.63, 3.8) is 0 Å². The first-order valence-corrected chi connectivity index (χ1v) is 12.3. The Morgan fingerprint density at radius 3 is 2.46 bits per heavy atom. The molecule has 2 aromatic carbocycles. The van der Waals surface area contributed by atoms with Crippen molar-refractivity contribution in [1.29, 1.82) is 0 Å². The monoisotopic (exact) mass is 519 g/mol. The van der Waals surface area contributed by atoms with Gasteiger partial charge in [0.05, 0.1) is 29.3 Å². The molecule has 0 aliphatic heterocycles. The number of benzene rings is 2. The number of alkyl carbamates (subject to hydrolysis) is 1. The van der Waals surface area contributed by atoms with Gasteiger partial charge in [0.25, 0.3) is 0 Å². The Balaban J connectivity index is 1.73. The SMILES string of the molecule is CC(C)(C)OC(=O)N[C@@H](Cc1cnc[nH]1)C(=O)C(Cc1ccccc1)C(=S)n1c(=O)[nH]c2ccccc21. The van der Waals surface area contributed by atoms with Crippen LogP contribution in [0, 0.1) is 5.92 Å². The van der Waals surface area contributed by atoms with Gasteiger partial charge in [-0.3, -0.25) is 9.36 Å². The molecule has 2 atom stereocenters. The molecule has 0 bridgehead atoms. The van der Waals surface area contributed by atoms with Crippen molar-refractivity contribution in [2.24, 2.45) is 5.92 Å². The minimum absolute atomic E-state index is 0.148. The summed E-state index contributed by atoms with van der Waals surface area (Å²) in [6, 6.07) is 15.6. The molecule has 2 aromatic heterocycles. The number of H-pyrrole nitrogens is 2. The molecule has 10 heteroatoms. The number of ether oxygens (including phenoxy) is 1. The zero-order chi connectivity index (χ0) is 26.6. The molecule has 192 valence electrons. The lowest BCUT2D eigenvalue weighted by atomic mass is 9.89. The molecule has 4 aromatic rings. The van der Waals surface area contributed by atoms with E-state index >= 15 is 0 Å². The topological polar surface area (TPSA) is 122 Å². The summed E-state index contributed by atoms with van der Waals surface area (Å²) in [5.74, 6) is -1.23. The van der Waals surface area contributed by atoms with Gasteiger partial charge in [-0.2, -0.15) is 0 Å². The minimum Gasteiger partial charge on any atom is -0.444 e. The third-order valence-corrected chi connectivity index (χ3v) is 6.21. The predicted octanol–water partition coefficient (Wildman–Crippen LogP) is 3.79. The van der Waals surface area contributed by atoms with Crippen molar-refractivity contribution in [2.75, 3.05) is 0 Å². The fraction of sp³-hybridized carbons (Fsp3) is 0.296. The van der Waals surface area contributed by atoms with Gasteiger partial charge < -0.3 is 20.0 Å². The lowest BCUT2D eigenvalue weighted by molar-refractivity contribution is -0.123. The van der Waals surface area contributed by atoms with Crippen LogP contribution in [0.25, 0.3) is 11.0 Å². The van der Waals surface area contributed by atoms with E-state index in [1.54, 1.807) is 45.2 Å². The quantitative estimate of drug-likeness (QED) is 0.305. The number of hydrogen-bond acceptors (Lipinski definition) is 6. The van der Waals surface area contributed by atoms with E-state index < -0.39 is 29.3 Å². The summed E-state index contributed by atoms with van der Waals surface area (Å²) in [5, 5.41) is 2.72. The summed E-state index contributed by atoms with van der Waals surface area (Å²) in [5.41, 5.74) is 1.54. The molecule has 0 saturated carbocycles. The lowest BCUT2D eigenvalue weighted by Gasteiger charge is -2.26. The summed E-state index contributed by atoms with van der Waals surface area (Å²) >= 11 is 5.81. The van der Waals surface area contributed by atoms with Crippen molar-refractivity contribution in [3.8, 4) is 0 Å². The number of nitrogens with zero attached hydrogens (tertiary/aromatic N) is 2. The van der Waals surface area contributed by atoms with Gasteiger partial charge in [0.15, 0.2) is 5.78 Å². The summed E-state index contributed by atoms with van der Waals surface area (Å²) in [4.78, 5) is 49.7. The largest absolute Gasteiger partial charge is 0.444 e. The first kappa shape index (κ1) is 26.0. The zero-order valence-electron chi connectivity index (χ0n) is 20.9. The highest BCUT2D eigenvalue weighted by molar-refractivity contribution is 7.80. The van der Waals surface area contributed by atoms with Crippen LogP contribution in [0.1, 0.15) is 32.0 Å². The number of hydrogen-bond donors (Lipinski definition) is 3. The van der Waals surface area contributed by atoms with Crippen molar-refractivity contribution in [3.05, 3.63) is 88.9 Å². The van der Waals surface area contributed by atoms with Crippen LogP contribution in [0.5, 0.6) is 0 Å². The summed E-state index contributed by atoms with van der Waals surface area (Å²) in [7, 11) is 0. The summed E-state index contributed by atoms with van der Waals surface area (Å²) in [6.07, 6.45) is 2.77. The lowest BCUT2D eigenvalue weighted by Crippen LogP contribution is -2.49. The zero-order valence-corrected chi connectivity index (χ0v) is 21.7. The number of thiocarbonyl (C=S) groups is 1. The molecule has 0 radical (unpaired) electrons. The van der Waals surface area contributed by atoms with Gasteiger partial charge in [-0.05, 0) is 44.9 Å². The minimum atomic E-state index is -0.983. The van der Waals surface area contributed by atoms with Gasteiger partial charge in [0.1, 0.15) is 10.6 Å². The number of amides is 1. The number of carbonyl (C=O) groups is 2. The molecular weight excluding hydrogens is 490 g/mol. The number of imidazole rings is 2. The average molecular weight is 520 g/mol. The van der Waals surface area contributed by atoms with Crippen LogP contribution in [-0.2, 0) is 22.4 Å². The Labute approximate surface area is 219 Å². The molecule has 37 heavy (non-hydrogen) atoms. The van der Waals surface area contributed by atoms with Crippen LogP contribution in [0.3, 0.4) is 0 Å². The second kappa shape index (κ2) is 10.9. The molecule has 4 rings (SSSR count). The van der Waals surface area contributed by atoms with E-state index in [0.717, 1.165) is 5.56 Å². The van der Waals surface area contributed by atoms with Crippen LogP contribution in [0.15, 0.2) is 71.9 Å². The standard InChI is InChI=1S/C27H29N5O4S/c1-27(2,3)36-26(35)31-21(14-18-15-28-16-29-18)23(33)19(13-17-9-5-4-6-10-17)24(37)32-22-12-8-7-11-20(22)30-25(32)34/h4-12,15-16,19,21H,13-14H2,1-3H3,(H,28,29)(H,30,34)(H,31,35)/t19?,21-/m0/s1. The Morgan fingerprint density at radius 2 is 1.78 bits per heavy atom. The third kappa shape index (κ3) is 6.39. The maximum atomic E-state index is 14.1. The van der Waals surface area contributed by atoms with E-state index in [9.17, 15) is 14.4 Å². The van der Waals surface area contributed by atoms with Crippen LogP contribution in [0.2, 0.25) is 0 Å². The molecule has 0 saturated heterocycles. The second-order valence-corrected chi connectivity index (χ2v) is 10.2. The number of fused-ring (bicyclic) bond motifs is 1. The van der Waals surface area contributed by atoms with E-state index in [4.69, 9.17) is 17.0 Å². The maximum Gasteiger partial charge on any atom is 0.408 e. The van der Waals surface area contributed by atoms with E-state index in [2.05, 4.69) is 20.3 Å². The fourth-order valence-corrected chi connectivity index (χ4v) is 4.50. The van der Waals surface area contributed by atoms with Crippen molar-refractivity contribution in [2.45, 2.75) is 45.3 Å². The number of para-hydroxylation sites is 2. The van der Waals surface area contributed by atoms with Crippen molar-refractivity contribution >= 4 is 40.1 Å². The number of rotatable bonds is 8. The number of ketones is 1. The Hall–Kier alpha value is -4.05. The van der Waals surface area contributed by atoms with Gasteiger partial charge >= 0.3 is 11.8 Å². The molecular formula is C27H29N5O4S. The normalized spacial score (nSPS) is 13.2. The summed E-state index contributed by atoms with van der Waals surface area (Å²) in [6.45, 7) is 5.24. The molecule has 1 amide bonds. The van der Waals surface area contributed by atoms with Crippen LogP contribution in [0.4, 0.5) is 4.79 Å². The predicted molar refractivity (Wildman–Crippen MR) is 145 cm³/mol. The molecule has 9 nitrogen and oxygen atoms in total. The second-order valence-electron chi connectivity index (χ2n) is 9.75.